The molecule has 4 heterocycles. The van der Waals surface area contributed by atoms with E-state index in [2.05, 4.69) is 54.6 Å². The topological polar surface area (TPSA) is 88.8 Å². The van der Waals surface area contributed by atoms with Crippen molar-refractivity contribution in [3.05, 3.63) is 60.3 Å². The molecule has 1 aromatic carbocycles. The number of piperidine rings is 1. The van der Waals surface area contributed by atoms with Crippen LogP contribution in [0.15, 0.2) is 48.9 Å². The maximum atomic E-state index is 13.1. The van der Waals surface area contributed by atoms with Gasteiger partial charge >= 0.3 is 0 Å². The van der Waals surface area contributed by atoms with E-state index in [0.717, 1.165) is 57.7 Å². The fourth-order valence-electron chi connectivity index (χ4n) is 4.61. The molecule has 2 aliphatic heterocycles. The van der Waals surface area contributed by atoms with Gasteiger partial charge in [-0.25, -0.2) is 4.98 Å². The van der Waals surface area contributed by atoms with Crippen molar-refractivity contribution in [1.82, 2.24) is 34.9 Å². The Balaban J connectivity index is 1.20. The van der Waals surface area contributed by atoms with Crippen LogP contribution in [0, 0.1) is 0 Å². The number of nitrogens with one attached hydrogen (secondary N) is 1. The highest BCUT2D eigenvalue weighted by Crippen LogP contribution is 2.30. The van der Waals surface area contributed by atoms with Gasteiger partial charge in [-0.2, -0.15) is 0 Å². The quantitative estimate of drug-likeness (QED) is 0.686. The summed E-state index contributed by atoms with van der Waals surface area (Å²) in [6.45, 7) is 3.77. The molecule has 8 heteroatoms. The summed E-state index contributed by atoms with van der Waals surface area (Å²) in [5.74, 6) is 1.25. The number of rotatable bonds is 5. The Morgan fingerprint density at radius 1 is 1.03 bits per heavy atom. The van der Waals surface area contributed by atoms with E-state index in [1.54, 1.807) is 18.6 Å². The summed E-state index contributed by atoms with van der Waals surface area (Å²) in [5, 5.41) is 12.0. The zero-order valence-electron chi connectivity index (χ0n) is 17.5. The van der Waals surface area contributed by atoms with Crippen molar-refractivity contribution in [3.63, 3.8) is 0 Å². The van der Waals surface area contributed by atoms with Gasteiger partial charge in [0.1, 0.15) is 11.5 Å². The van der Waals surface area contributed by atoms with Crippen molar-refractivity contribution in [3.8, 4) is 11.5 Å². The largest absolute Gasteiger partial charge is 0.353 e. The summed E-state index contributed by atoms with van der Waals surface area (Å²) in [7, 11) is 0. The van der Waals surface area contributed by atoms with Crippen LogP contribution in [0.5, 0.6) is 0 Å². The Bertz CT molecular complexity index is 1010. The number of aromatic nitrogens is 5. The number of fused-ring (bicyclic) bond motifs is 1. The van der Waals surface area contributed by atoms with E-state index >= 15 is 0 Å². The molecule has 0 aliphatic carbocycles. The molecule has 1 atom stereocenters. The predicted molar refractivity (Wildman–Crippen MR) is 116 cm³/mol. The average molecular weight is 418 g/mol. The number of carbonyl (C=O) groups excluding carboxylic acids is 1. The minimum Gasteiger partial charge on any atom is -0.353 e. The maximum absolute atomic E-state index is 13.1. The standard InChI is InChI=1S/C23H27N7O/c31-23(26-18-8-13-29(14-9-18)16-17-5-2-1-3-6-17)19-7-4-12-30-21(19)27-28-22(30)20-15-24-10-11-25-20/h1-3,5-6,10-11,15,18-19H,4,7-9,12-14,16H2,(H,26,31). The minimum atomic E-state index is -0.256. The van der Waals surface area contributed by atoms with Gasteiger partial charge in [0.15, 0.2) is 5.82 Å². The average Bonchev–Trinajstić information content (AvgIpc) is 3.26. The summed E-state index contributed by atoms with van der Waals surface area (Å²) in [5.41, 5.74) is 2.03. The minimum absolute atomic E-state index is 0.0700. The van der Waals surface area contributed by atoms with Crippen LogP contribution < -0.4 is 5.32 Å². The second kappa shape index (κ2) is 8.93. The molecule has 0 saturated carbocycles. The highest BCUT2D eigenvalue weighted by molar-refractivity contribution is 5.83. The Morgan fingerprint density at radius 2 is 1.87 bits per heavy atom. The van der Waals surface area contributed by atoms with Crippen LogP contribution in [0.25, 0.3) is 11.5 Å². The molecule has 0 radical (unpaired) electrons. The number of likely N-dealkylation sites (tertiary alicyclic amines) is 1. The Kier molecular flexibility index (Phi) is 5.71. The summed E-state index contributed by atoms with van der Waals surface area (Å²) in [6, 6.07) is 10.8. The Morgan fingerprint density at radius 3 is 2.65 bits per heavy atom. The summed E-state index contributed by atoms with van der Waals surface area (Å²) in [6.07, 6.45) is 8.64. The van der Waals surface area contributed by atoms with E-state index < -0.39 is 0 Å². The third kappa shape index (κ3) is 4.34. The smallest absolute Gasteiger partial charge is 0.231 e. The molecule has 0 bridgehead atoms. The first-order valence-corrected chi connectivity index (χ1v) is 11.0. The molecule has 1 N–H and O–H groups in total. The number of amides is 1. The first-order valence-electron chi connectivity index (χ1n) is 11.0. The normalized spacial score (nSPS) is 19.7. The summed E-state index contributed by atoms with van der Waals surface area (Å²) >= 11 is 0. The van der Waals surface area contributed by atoms with E-state index in [0.29, 0.717) is 11.5 Å². The molecule has 160 valence electrons. The van der Waals surface area contributed by atoms with Crippen LogP contribution >= 0.6 is 0 Å². The van der Waals surface area contributed by atoms with Gasteiger partial charge in [0.25, 0.3) is 0 Å². The highest BCUT2D eigenvalue weighted by Gasteiger charge is 2.33. The molecule has 0 spiro atoms. The van der Waals surface area contributed by atoms with Crippen molar-refractivity contribution in [2.45, 2.75) is 50.7 Å². The van der Waals surface area contributed by atoms with Crippen molar-refractivity contribution in [2.24, 2.45) is 0 Å². The summed E-state index contributed by atoms with van der Waals surface area (Å²) in [4.78, 5) is 24.0. The molecule has 8 nitrogen and oxygen atoms in total. The molecule has 5 rings (SSSR count). The molecular formula is C23H27N7O. The lowest BCUT2D eigenvalue weighted by atomic mass is 9.96. The predicted octanol–water partition coefficient (Wildman–Crippen LogP) is 2.39. The molecule has 1 unspecified atom stereocenters. The van der Waals surface area contributed by atoms with Crippen molar-refractivity contribution < 1.29 is 4.79 Å². The molecule has 2 aliphatic rings. The van der Waals surface area contributed by atoms with Gasteiger partial charge in [0.05, 0.1) is 12.1 Å². The number of carbonyl (C=O) groups is 1. The van der Waals surface area contributed by atoms with Gasteiger partial charge in [-0.3, -0.25) is 14.7 Å². The van der Waals surface area contributed by atoms with Crippen LogP contribution in [0.3, 0.4) is 0 Å². The van der Waals surface area contributed by atoms with Crippen LogP contribution in [0.2, 0.25) is 0 Å². The third-order valence-corrected chi connectivity index (χ3v) is 6.26. The summed E-state index contributed by atoms with van der Waals surface area (Å²) < 4.78 is 2.03. The molecule has 1 fully saturated rings. The molecular weight excluding hydrogens is 390 g/mol. The number of benzene rings is 1. The van der Waals surface area contributed by atoms with Crippen LogP contribution in [-0.2, 0) is 17.9 Å². The fraction of sp³-hybridized carbons (Fsp3) is 0.435. The SMILES string of the molecule is O=C(NC1CCN(Cc2ccccc2)CC1)C1CCCn2c(-c3cnccn3)nnc21. The van der Waals surface area contributed by atoms with Gasteiger partial charge in [0, 0.05) is 44.6 Å². The first-order chi connectivity index (χ1) is 15.3. The lowest BCUT2D eigenvalue weighted by molar-refractivity contribution is -0.124. The van der Waals surface area contributed by atoms with Crippen LogP contribution in [0.4, 0.5) is 0 Å². The highest BCUT2D eigenvalue weighted by atomic mass is 16.2. The monoisotopic (exact) mass is 417 g/mol. The van der Waals surface area contributed by atoms with Crippen LogP contribution in [-0.4, -0.2) is 54.7 Å². The zero-order valence-corrected chi connectivity index (χ0v) is 17.5. The third-order valence-electron chi connectivity index (χ3n) is 6.26. The first kappa shape index (κ1) is 19.8. The molecule has 2 aromatic heterocycles. The zero-order chi connectivity index (χ0) is 21.0. The van der Waals surface area contributed by atoms with E-state index in [4.69, 9.17) is 0 Å². The Labute approximate surface area is 181 Å². The number of hydrogen-bond acceptors (Lipinski definition) is 6. The van der Waals surface area contributed by atoms with Crippen molar-refractivity contribution in [1.29, 1.82) is 0 Å². The molecule has 31 heavy (non-hydrogen) atoms. The van der Waals surface area contributed by atoms with E-state index in [9.17, 15) is 4.79 Å². The molecule has 1 amide bonds. The van der Waals surface area contributed by atoms with Gasteiger partial charge in [-0.15, -0.1) is 10.2 Å². The fourth-order valence-corrected chi connectivity index (χ4v) is 4.61. The van der Waals surface area contributed by atoms with E-state index in [-0.39, 0.29) is 17.9 Å². The second-order valence-electron chi connectivity index (χ2n) is 8.36. The lowest BCUT2D eigenvalue weighted by Gasteiger charge is -2.33. The van der Waals surface area contributed by atoms with Gasteiger partial charge in [-0.05, 0) is 31.2 Å². The van der Waals surface area contributed by atoms with Gasteiger partial charge in [0.2, 0.25) is 5.91 Å². The van der Waals surface area contributed by atoms with E-state index in [1.165, 1.54) is 5.56 Å². The second-order valence-corrected chi connectivity index (χ2v) is 8.36. The van der Waals surface area contributed by atoms with E-state index in [1.807, 2.05) is 10.6 Å². The van der Waals surface area contributed by atoms with Crippen molar-refractivity contribution >= 4 is 5.91 Å². The maximum Gasteiger partial charge on any atom is 0.231 e. The van der Waals surface area contributed by atoms with Crippen molar-refractivity contribution in [2.75, 3.05) is 13.1 Å². The van der Waals surface area contributed by atoms with Gasteiger partial charge in [-0.1, -0.05) is 30.3 Å². The van der Waals surface area contributed by atoms with Crippen LogP contribution in [0.1, 0.15) is 43.0 Å². The number of nitrogens with zero attached hydrogens (tertiary/aromatic N) is 6. The Hall–Kier alpha value is -3.13. The number of hydrogen-bond donors (Lipinski definition) is 1. The molecule has 1 saturated heterocycles. The van der Waals surface area contributed by atoms with Gasteiger partial charge < -0.3 is 9.88 Å². The molecule has 3 aromatic rings. The lowest BCUT2D eigenvalue weighted by Crippen LogP contribution is -2.46.